The molecule has 0 aliphatic heterocycles. The van der Waals surface area contributed by atoms with Gasteiger partial charge in [0.2, 0.25) is 0 Å². The summed E-state index contributed by atoms with van der Waals surface area (Å²) in [6, 6.07) is 4.73. The van der Waals surface area contributed by atoms with Crippen molar-refractivity contribution in [2.75, 3.05) is 14.2 Å². The van der Waals surface area contributed by atoms with E-state index in [1.807, 2.05) is 0 Å². The Morgan fingerprint density at radius 1 is 1.30 bits per heavy atom. The molecule has 1 aromatic carbocycles. The number of hydrogen-bond acceptors (Lipinski definition) is 4. The second-order valence-electron chi connectivity index (χ2n) is 4.17. The number of methoxy groups -OCH3 is 2. The summed E-state index contributed by atoms with van der Waals surface area (Å²) >= 11 is 6.09. The number of rotatable bonds is 4. The minimum absolute atomic E-state index is 0.182. The van der Waals surface area contributed by atoms with E-state index in [0.29, 0.717) is 28.2 Å². The third-order valence-electron chi connectivity index (χ3n) is 3.03. The van der Waals surface area contributed by atoms with Crippen LogP contribution >= 0.6 is 11.6 Å². The van der Waals surface area contributed by atoms with E-state index in [0.717, 1.165) is 0 Å². The predicted molar refractivity (Wildman–Crippen MR) is 76.4 cm³/mol. The number of pyridine rings is 1. The Bertz CT molecular complexity index is 708. The van der Waals surface area contributed by atoms with Crippen molar-refractivity contribution in [1.29, 1.82) is 0 Å². The number of ether oxygens (including phenoxy) is 2. The minimum Gasteiger partial charge on any atom is -0.495 e. The van der Waals surface area contributed by atoms with Crippen LogP contribution < -0.4 is 10.2 Å². The SMILES string of the molecule is COC(=O)CCn1ccc(=O)c2c(Cl)ccc(OC)c21. The van der Waals surface area contributed by atoms with E-state index in [1.165, 1.54) is 20.3 Å². The first-order valence-corrected chi connectivity index (χ1v) is 6.38. The molecule has 0 aliphatic rings. The van der Waals surface area contributed by atoms with E-state index in [9.17, 15) is 9.59 Å². The van der Waals surface area contributed by atoms with Crippen LogP contribution in [-0.2, 0) is 16.1 Å². The molecule has 0 fully saturated rings. The Morgan fingerprint density at radius 2 is 2.05 bits per heavy atom. The molecule has 2 aromatic rings. The highest BCUT2D eigenvalue weighted by Crippen LogP contribution is 2.29. The smallest absolute Gasteiger partial charge is 0.307 e. The molecular formula is C14H14ClNO4. The first-order chi connectivity index (χ1) is 9.58. The number of aromatic nitrogens is 1. The van der Waals surface area contributed by atoms with Crippen molar-refractivity contribution in [3.8, 4) is 5.75 Å². The summed E-state index contributed by atoms with van der Waals surface area (Å²) in [6.07, 6.45) is 1.82. The molecule has 0 amide bonds. The van der Waals surface area contributed by atoms with Crippen molar-refractivity contribution in [1.82, 2.24) is 4.57 Å². The van der Waals surface area contributed by atoms with Crippen LogP contribution in [0.1, 0.15) is 6.42 Å². The van der Waals surface area contributed by atoms with Crippen LogP contribution in [0.15, 0.2) is 29.2 Å². The molecule has 0 saturated carbocycles. The fourth-order valence-corrected chi connectivity index (χ4v) is 2.29. The lowest BCUT2D eigenvalue weighted by Crippen LogP contribution is -2.12. The summed E-state index contributed by atoms with van der Waals surface area (Å²) < 4.78 is 11.7. The second-order valence-corrected chi connectivity index (χ2v) is 4.58. The van der Waals surface area contributed by atoms with Gasteiger partial charge in [-0.15, -0.1) is 0 Å². The molecule has 1 aromatic heterocycles. The first kappa shape index (κ1) is 14.4. The average Bonchev–Trinajstić information content (AvgIpc) is 2.46. The van der Waals surface area contributed by atoms with Gasteiger partial charge in [-0.2, -0.15) is 0 Å². The van der Waals surface area contributed by atoms with Crippen LogP contribution in [-0.4, -0.2) is 24.8 Å². The largest absolute Gasteiger partial charge is 0.495 e. The minimum atomic E-state index is -0.321. The summed E-state index contributed by atoms with van der Waals surface area (Å²) in [6.45, 7) is 0.375. The van der Waals surface area contributed by atoms with Gasteiger partial charge in [-0.25, -0.2) is 0 Å². The number of hydrogen-bond donors (Lipinski definition) is 0. The standard InChI is InChI=1S/C14H14ClNO4/c1-19-11-4-3-9(15)13-10(17)5-7-16(14(11)13)8-6-12(18)20-2/h3-5,7H,6,8H2,1-2H3. The van der Waals surface area contributed by atoms with Gasteiger partial charge in [0.05, 0.1) is 36.6 Å². The van der Waals surface area contributed by atoms with Crippen LogP contribution in [0, 0.1) is 0 Å². The van der Waals surface area contributed by atoms with Gasteiger partial charge in [0, 0.05) is 18.8 Å². The Hall–Kier alpha value is -2.01. The van der Waals surface area contributed by atoms with Crippen LogP contribution in [0.4, 0.5) is 0 Å². The number of halogens is 1. The predicted octanol–water partition coefficient (Wildman–Crippen LogP) is 2.23. The fraction of sp³-hybridized carbons (Fsp3) is 0.286. The van der Waals surface area contributed by atoms with E-state index in [4.69, 9.17) is 16.3 Å². The zero-order valence-corrected chi connectivity index (χ0v) is 11.9. The molecule has 0 spiro atoms. The van der Waals surface area contributed by atoms with Crippen molar-refractivity contribution in [2.45, 2.75) is 13.0 Å². The van der Waals surface area contributed by atoms with Crippen LogP contribution in [0.5, 0.6) is 5.75 Å². The average molecular weight is 296 g/mol. The van der Waals surface area contributed by atoms with Crippen LogP contribution in [0.3, 0.4) is 0 Å². The van der Waals surface area contributed by atoms with Gasteiger partial charge >= 0.3 is 5.97 Å². The number of carbonyl (C=O) groups excluding carboxylic acids is 1. The maximum absolute atomic E-state index is 12.0. The molecule has 0 N–H and O–H groups in total. The highest BCUT2D eigenvalue weighted by Gasteiger charge is 2.13. The molecule has 106 valence electrons. The van der Waals surface area contributed by atoms with Gasteiger partial charge in [-0.3, -0.25) is 9.59 Å². The topological polar surface area (TPSA) is 57.5 Å². The molecule has 5 nitrogen and oxygen atoms in total. The molecule has 1 heterocycles. The second kappa shape index (κ2) is 5.96. The molecule has 20 heavy (non-hydrogen) atoms. The monoisotopic (exact) mass is 295 g/mol. The first-order valence-electron chi connectivity index (χ1n) is 6.01. The Morgan fingerprint density at radius 3 is 2.70 bits per heavy atom. The summed E-state index contributed by atoms with van der Waals surface area (Å²) in [4.78, 5) is 23.2. The number of fused-ring (bicyclic) bond motifs is 1. The van der Waals surface area contributed by atoms with Gasteiger partial charge in [0.15, 0.2) is 5.43 Å². The molecule has 0 atom stereocenters. The van der Waals surface area contributed by atoms with E-state index in [-0.39, 0.29) is 17.8 Å². The third-order valence-corrected chi connectivity index (χ3v) is 3.35. The van der Waals surface area contributed by atoms with Crippen molar-refractivity contribution < 1.29 is 14.3 Å². The van der Waals surface area contributed by atoms with Gasteiger partial charge < -0.3 is 14.0 Å². The van der Waals surface area contributed by atoms with E-state index < -0.39 is 0 Å². The molecule has 6 heteroatoms. The summed E-state index contributed by atoms with van der Waals surface area (Å²) in [7, 11) is 2.86. The van der Waals surface area contributed by atoms with Gasteiger partial charge in [-0.1, -0.05) is 11.6 Å². The van der Waals surface area contributed by atoms with Gasteiger partial charge in [0.1, 0.15) is 5.75 Å². The third kappa shape index (κ3) is 2.63. The Kier molecular flexibility index (Phi) is 4.29. The zero-order chi connectivity index (χ0) is 14.7. The van der Waals surface area contributed by atoms with Gasteiger partial charge in [-0.05, 0) is 12.1 Å². The molecular weight excluding hydrogens is 282 g/mol. The lowest BCUT2D eigenvalue weighted by molar-refractivity contribution is -0.140. The number of benzene rings is 1. The zero-order valence-electron chi connectivity index (χ0n) is 11.2. The highest BCUT2D eigenvalue weighted by atomic mass is 35.5. The lowest BCUT2D eigenvalue weighted by atomic mass is 10.2. The molecule has 0 unspecified atom stereocenters. The Labute approximate surface area is 120 Å². The summed E-state index contributed by atoms with van der Waals surface area (Å²) in [5.74, 6) is 0.213. The van der Waals surface area contributed by atoms with Crippen molar-refractivity contribution in [3.05, 3.63) is 39.6 Å². The van der Waals surface area contributed by atoms with E-state index in [1.54, 1.807) is 22.9 Å². The van der Waals surface area contributed by atoms with Crippen LogP contribution in [0.2, 0.25) is 5.02 Å². The maximum Gasteiger partial charge on any atom is 0.307 e. The van der Waals surface area contributed by atoms with Crippen molar-refractivity contribution >= 4 is 28.5 Å². The van der Waals surface area contributed by atoms with E-state index >= 15 is 0 Å². The van der Waals surface area contributed by atoms with E-state index in [2.05, 4.69) is 4.74 Å². The fourth-order valence-electron chi connectivity index (χ4n) is 2.05. The number of nitrogens with zero attached hydrogens (tertiary/aromatic N) is 1. The maximum atomic E-state index is 12.0. The normalized spacial score (nSPS) is 10.6. The molecule has 2 rings (SSSR count). The summed E-state index contributed by atoms with van der Waals surface area (Å²) in [5.41, 5.74) is 0.398. The number of carbonyl (C=O) groups is 1. The molecule has 0 radical (unpaired) electrons. The highest BCUT2D eigenvalue weighted by molar-refractivity contribution is 6.35. The molecule has 0 aliphatic carbocycles. The van der Waals surface area contributed by atoms with Gasteiger partial charge in [0.25, 0.3) is 0 Å². The quantitative estimate of drug-likeness (QED) is 0.812. The van der Waals surface area contributed by atoms with Crippen LogP contribution in [0.25, 0.3) is 10.9 Å². The van der Waals surface area contributed by atoms with Crippen molar-refractivity contribution in [2.24, 2.45) is 0 Å². The Balaban J connectivity index is 2.60. The van der Waals surface area contributed by atoms with Crippen molar-refractivity contribution in [3.63, 3.8) is 0 Å². The molecule has 0 bridgehead atoms. The lowest BCUT2D eigenvalue weighted by Gasteiger charge is -2.14. The number of esters is 1. The summed E-state index contributed by atoms with van der Waals surface area (Å²) in [5, 5.41) is 0.747. The number of aryl methyl sites for hydroxylation is 1. The molecule has 0 saturated heterocycles.